The van der Waals surface area contributed by atoms with Crippen molar-refractivity contribution in [1.82, 2.24) is 0 Å². The Kier molecular flexibility index (Phi) is 13.6. The zero-order valence-corrected chi connectivity index (χ0v) is 18.3. The summed E-state index contributed by atoms with van der Waals surface area (Å²) in [6.07, 6.45) is 1.20. The minimum Gasteiger partial charge on any atom is -0.381 e. The van der Waals surface area contributed by atoms with Gasteiger partial charge >= 0.3 is 0 Å². The Hall–Kier alpha value is -2.75. The van der Waals surface area contributed by atoms with Crippen molar-refractivity contribution in [2.45, 2.75) is 39.7 Å². The molecule has 30 heavy (non-hydrogen) atoms. The summed E-state index contributed by atoms with van der Waals surface area (Å²) >= 11 is 0. The summed E-state index contributed by atoms with van der Waals surface area (Å²) in [4.78, 5) is 11.9. The first kappa shape index (κ1) is 25.3. The van der Waals surface area contributed by atoms with E-state index in [0.717, 1.165) is 26.1 Å². The zero-order valence-electron chi connectivity index (χ0n) is 18.3. The molecule has 0 fully saturated rings. The summed E-state index contributed by atoms with van der Waals surface area (Å²) in [5, 5.41) is 9.89. The Bertz CT molecular complexity index is 782. The number of carbonyl (C=O) groups is 1. The quantitative estimate of drug-likeness (QED) is 0.364. The first-order valence-corrected chi connectivity index (χ1v) is 10.5. The second-order valence-corrected chi connectivity index (χ2v) is 6.81. The lowest BCUT2D eigenvalue weighted by Crippen LogP contribution is -2.11. The minimum absolute atomic E-state index is 0.271. The molecule has 0 spiro atoms. The number of rotatable bonds is 7. The van der Waals surface area contributed by atoms with E-state index in [-0.39, 0.29) is 5.78 Å². The van der Waals surface area contributed by atoms with Gasteiger partial charge in [0.15, 0.2) is 5.78 Å². The number of hydrogen-bond acceptors (Lipinski definition) is 3. The summed E-state index contributed by atoms with van der Waals surface area (Å²) in [6.45, 7) is 8.17. The molecule has 3 rings (SSSR count). The van der Waals surface area contributed by atoms with Crippen LogP contribution in [0.4, 0.5) is 0 Å². The van der Waals surface area contributed by atoms with Crippen LogP contribution in [0.15, 0.2) is 91.0 Å². The van der Waals surface area contributed by atoms with Crippen molar-refractivity contribution in [2.75, 3.05) is 13.2 Å². The number of benzene rings is 3. The maximum atomic E-state index is 11.9. The van der Waals surface area contributed by atoms with E-state index < -0.39 is 6.10 Å². The van der Waals surface area contributed by atoms with E-state index in [1.165, 1.54) is 5.56 Å². The molecule has 3 aromatic carbocycles. The maximum absolute atomic E-state index is 11.9. The number of carbonyl (C=O) groups excluding carboxylic acids is 1. The largest absolute Gasteiger partial charge is 0.381 e. The topological polar surface area (TPSA) is 46.5 Å². The predicted molar refractivity (Wildman–Crippen MR) is 125 cm³/mol. The molecule has 0 aliphatic rings. The molecule has 1 atom stereocenters. The second-order valence-electron chi connectivity index (χ2n) is 6.81. The molecule has 0 saturated heterocycles. The van der Waals surface area contributed by atoms with Crippen LogP contribution in [0, 0.1) is 6.92 Å². The Balaban J connectivity index is 0.000000267. The Morgan fingerprint density at radius 3 is 1.60 bits per heavy atom. The van der Waals surface area contributed by atoms with Crippen molar-refractivity contribution in [3.63, 3.8) is 0 Å². The molecule has 160 valence electrons. The molecule has 0 saturated carbocycles. The van der Waals surface area contributed by atoms with E-state index in [2.05, 4.69) is 32.9 Å². The first-order chi connectivity index (χ1) is 14.6. The third kappa shape index (κ3) is 10.7. The first-order valence-electron chi connectivity index (χ1n) is 10.5. The van der Waals surface area contributed by atoms with Crippen LogP contribution in [-0.2, 0) is 4.74 Å². The number of Topliss-reactive ketones (excluding diaryl/α,β-unsaturated/α-hetero) is 1. The van der Waals surface area contributed by atoms with E-state index in [0.29, 0.717) is 11.1 Å². The van der Waals surface area contributed by atoms with Gasteiger partial charge in [-0.3, -0.25) is 4.79 Å². The van der Waals surface area contributed by atoms with Crippen molar-refractivity contribution >= 4 is 5.78 Å². The van der Waals surface area contributed by atoms with Crippen LogP contribution >= 0.6 is 0 Å². The fourth-order valence-corrected chi connectivity index (χ4v) is 2.47. The van der Waals surface area contributed by atoms with Gasteiger partial charge in [0.25, 0.3) is 0 Å². The highest BCUT2D eigenvalue weighted by atomic mass is 16.5. The molecule has 1 unspecified atom stereocenters. The van der Waals surface area contributed by atoms with Crippen LogP contribution in [0.1, 0.15) is 54.3 Å². The molecule has 1 N–H and O–H groups in total. The molecular formula is C27H34O3. The van der Waals surface area contributed by atoms with Crippen LogP contribution < -0.4 is 0 Å². The average molecular weight is 407 g/mol. The normalized spacial score (nSPS) is 10.7. The number of hydrogen-bond donors (Lipinski definition) is 1. The number of aliphatic hydroxyl groups is 1. The van der Waals surface area contributed by atoms with Gasteiger partial charge < -0.3 is 9.84 Å². The number of aryl methyl sites for hydroxylation is 1. The highest BCUT2D eigenvalue weighted by Gasteiger charge is 2.18. The summed E-state index contributed by atoms with van der Waals surface area (Å²) in [7, 11) is 0. The SMILES string of the molecule is CCCOCCC.Cc1ccccc1.O=C(c1ccccc1)C(O)c1ccccc1. The average Bonchev–Trinajstić information content (AvgIpc) is 2.81. The summed E-state index contributed by atoms with van der Waals surface area (Å²) in [5.74, 6) is -0.271. The van der Waals surface area contributed by atoms with Crippen LogP contribution in [0.3, 0.4) is 0 Å². The van der Waals surface area contributed by atoms with Gasteiger partial charge in [0.1, 0.15) is 6.10 Å². The van der Waals surface area contributed by atoms with Gasteiger partial charge in [-0.15, -0.1) is 0 Å². The van der Waals surface area contributed by atoms with Gasteiger partial charge in [0.2, 0.25) is 0 Å². The standard InChI is InChI=1S/C14H12O2.C7H8.C6H14O/c15-13(11-7-3-1-4-8-11)14(16)12-9-5-2-6-10-12;1-7-5-3-2-4-6-7;1-3-5-7-6-4-2/h1-10,13,15H;2-6H,1H3;3-6H2,1-2H3. The van der Waals surface area contributed by atoms with Gasteiger partial charge in [-0.25, -0.2) is 0 Å². The number of ether oxygens (including phenoxy) is 1. The fourth-order valence-electron chi connectivity index (χ4n) is 2.47. The Labute approximate surface area is 181 Å². The lowest BCUT2D eigenvalue weighted by Gasteiger charge is -2.09. The molecule has 0 aliphatic heterocycles. The van der Waals surface area contributed by atoms with Crippen molar-refractivity contribution in [2.24, 2.45) is 0 Å². The van der Waals surface area contributed by atoms with E-state index in [4.69, 9.17) is 4.74 Å². The van der Waals surface area contributed by atoms with E-state index in [1.54, 1.807) is 48.5 Å². The Morgan fingerprint density at radius 2 is 1.20 bits per heavy atom. The minimum atomic E-state index is -1.08. The monoisotopic (exact) mass is 406 g/mol. The van der Waals surface area contributed by atoms with Crippen LogP contribution in [0.5, 0.6) is 0 Å². The molecule has 0 aliphatic carbocycles. The van der Waals surface area contributed by atoms with Gasteiger partial charge in [0.05, 0.1) is 0 Å². The van der Waals surface area contributed by atoms with Crippen molar-refractivity contribution < 1.29 is 14.6 Å². The third-order valence-corrected chi connectivity index (χ3v) is 4.06. The molecule has 3 heteroatoms. The molecule has 0 bridgehead atoms. The van der Waals surface area contributed by atoms with Gasteiger partial charge in [-0.2, -0.15) is 0 Å². The Morgan fingerprint density at radius 1 is 0.767 bits per heavy atom. The van der Waals surface area contributed by atoms with Gasteiger partial charge in [-0.05, 0) is 25.3 Å². The second kappa shape index (κ2) is 16.1. The molecule has 3 aromatic rings. The lowest BCUT2D eigenvalue weighted by molar-refractivity contribution is 0.0747. The summed E-state index contributed by atoms with van der Waals surface area (Å²) in [6, 6.07) is 28.0. The van der Waals surface area contributed by atoms with Crippen LogP contribution in [0.2, 0.25) is 0 Å². The predicted octanol–water partition coefficient (Wildman–Crippen LogP) is 6.42. The van der Waals surface area contributed by atoms with Crippen LogP contribution in [-0.4, -0.2) is 24.1 Å². The molecule has 0 heterocycles. The smallest absolute Gasteiger partial charge is 0.195 e. The summed E-state index contributed by atoms with van der Waals surface area (Å²) < 4.78 is 5.13. The number of ketones is 1. The highest BCUT2D eigenvalue weighted by molar-refractivity contribution is 5.99. The van der Waals surface area contributed by atoms with E-state index in [9.17, 15) is 9.90 Å². The molecular weight excluding hydrogens is 372 g/mol. The summed E-state index contributed by atoms with van der Waals surface area (Å²) in [5.41, 5.74) is 2.47. The zero-order chi connectivity index (χ0) is 22.0. The van der Waals surface area contributed by atoms with Gasteiger partial charge in [0, 0.05) is 18.8 Å². The third-order valence-electron chi connectivity index (χ3n) is 4.06. The molecule has 0 amide bonds. The molecule has 3 nitrogen and oxygen atoms in total. The van der Waals surface area contributed by atoms with Crippen LogP contribution in [0.25, 0.3) is 0 Å². The van der Waals surface area contributed by atoms with Gasteiger partial charge in [-0.1, -0.05) is 110 Å². The maximum Gasteiger partial charge on any atom is 0.195 e. The van der Waals surface area contributed by atoms with E-state index >= 15 is 0 Å². The molecule has 0 aromatic heterocycles. The number of aliphatic hydroxyl groups excluding tert-OH is 1. The lowest BCUT2D eigenvalue weighted by atomic mass is 10.0. The van der Waals surface area contributed by atoms with E-state index in [1.807, 2.05) is 30.3 Å². The molecule has 0 radical (unpaired) electrons. The highest BCUT2D eigenvalue weighted by Crippen LogP contribution is 2.17. The van der Waals surface area contributed by atoms with Crippen molar-refractivity contribution in [3.05, 3.63) is 108 Å². The fraction of sp³-hybridized carbons (Fsp3) is 0.296. The van der Waals surface area contributed by atoms with Crippen molar-refractivity contribution in [1.29, 1.82) is 0 Å². The van der Waals surface area contributed by atoms with Crippen molar-refractivity contribution in [3.8, 4) is 0 Å².